The zero-order valence-corrected chi connectivity index (χ0v) is 9.54. The monoisotopic (exact) mass is 236 g/mol. The highest BCUT2D eigenvalue weighted by atomic mass is 16.7. The van der Waals surface area contributed by atoms with Gasteiger partial charge >= 0.3 is 5.97 Å². The first-order chi connectivity index (χ1) is 8.27. The number of aliphatic carboxylic acids is 1. The topological polar surface area (TPSA) is 55.8 Å². The summed E-state index contributed by atoms with van der Waals surface area (Å²) in [7, 11) is 0. The predicted octanol–water partition coefficient (Wildman–Crippen LogP) is 2.36. The summed E-state index contributed by atoms with van der Waals surface area (Å²) in [6.45, 7) is 0.645. The fourth-order valence-corrected chi connectivity index (χ4v) is 1.88. The molecule has 1 fully saturated rings. The molecule has 1 heterocycles. The predicted molar refractivity (Wildman–Crippen MR) is 61.5 cm³/mol. The summed E-state index contributed by atoms with van der Waals surface area (Å²) in [5, 5.41) is 9.18. The SMILES string of the molecule is O=C(O)[C@@H](OC1CCCCO1)c1ccccc1. The van der Waals surface area contributed by atoms with Crippen molar-refractivity contribution in [3.05, 3.63) is 35.9 Å². The Morgan fingerprint density at radius 2 is 2.12 bits per heavy atom. The van der Waals surface area contributed by atoms with Gasteiger partial charge in [0.1, 0.15) is 0 Å². The first kappa shape index (κ1) is 12.1. The van der Waals surface area contributed by atoms with Crippen LogP contribution in [0.4, 0.5) is 0 Å². The Morgan fingerprint density at radius 1 is 1.35 bits per heavy atom. The Labute approximate surface area is 100 Å². The van der Waals surface area contributed by atoms with Crippen molar-refractivity contribution in [3.8, 4) is 0 Å². The van der Waals surface area contributed by atoms with Gasteiger partial charge in [-0.05, 0) is 24.8 Å². The molecule has 0 amide bonds. The molecule has 92 valence electrons. The van der Waals surface area contributed by atoms with Gasteiger partial charge in [0, 0.05) is 6.61 Å². The second-order valence-corrected chi connectivity index (χ2v) is 4.06. The Hall–Kier alpha value is -1.39. The van der Waals surface area contributed by atoms with Crippen LogP contribution < -0.4 is 0 Å². The number of ether oxygens (including phenoxy) is 2. The van der Waals surface area contributed by atoms with E-state index in [-0.39, 0.29) is 0 Å². The van der Waals surface area contributed by atoms with Crippen LogP contribution in [0, 0.1) is 0 Å². The molecule has 1 aromatic rings. The summed E-state index contributed by atoms with van der Waals surface area (Å²) in [5.41, 5.74) is 0.647. The van der Waals surface area contributed by atoms with Crippen molar-refractivity contribution < 1.29 is 19.4 Å². The lowest BCUT2D eigenvalue weighted by atomic mass is 10.1. The smallest absolute Gasteiger partial charge is 0.337 e. The van der Waals surface area contributed by atoms with Crippen molar-refractivity contribution in [1.82, 2.24) is 0 Å². The first-order valence-corrected chi connectivity index (χ1v) is 5.82. The van der Waals surface area contributed by atoms with Crippen LogP contribution in [0.2, 0.25) is 0 Å². The van der Waals surface area contributed by atoms with E-state index in [1.165, 1.54) is 0 Å². The second-order valence-electron chi connectivity index (χ2n) is 4.06. The van der Waals surface area contributed by atoms with Crippen molar-refractivity contribution in [2.24, 2.45) is 0 Å². The highest BCUT2D eigenvalue weighted by Crippen LogP contribution is 2.23. The van der Waals surface area contributed by atoms with Crippen LogP contribution >= 0.6 is 0 Å². The molecule has 1 unspecified atom stereocenters. The third kappa shape index (κ3) is 3.28. The van der Waals surface area contributed by atoms with Crippen molar-refractivity contribution in [1.29, 1.82) is 0 Å². The maximum atomic E-state index is 11.2. The van der Waals surface area contributed by atoms with E-state index < -0.39 is 18.4 Å². The van der Waals surface area contributed by atoms with Crippen molar-refractivity contribution >= 4 is 5.97 Å². The number of hydrogen-bond donors (Lipinski definition) is 1. The molecule has 0 spiro atoms. The van der Waals surface area contributed by atoms with Crippen LogP contribution in [-0.2, 0) is 14.3 Å². The number of carbonyl (C=O) groups is 1. The summed E-state index contributed by atoms with van der Waals surface area (Å²) < 4.78 is 10.9. The van der Waals surface area contributed by atoms with E-state index in [4.69, 9.17) is 9.47 Å². The van der Waals surface area contributed by atoms with Crippen LogP contribution in [0.3, 0.4) is 0 Å². The molecule has 0 bridgehead atoms. The molecule has 0 saturated carbocycles. The van der Waals surface area contributed by atoms with E-state index in [9.17, 15) is 9.90 Å². The van der Waals surface area contributed by atoms with E-state index >= 15 is 0 Å². The Morgan fingerprint density at radius 3 is 2.71 bits per heavy atom. The number of rotatable bonds is 4. The fraction of sp³-hybridized carbons (Fsp3) is 0.462. The van der Waals surface area contributed by atoms with Crippen LogP contribution in [-0.4, -0.2) is 24.0 Å². The largest absolute Gasteiger partial charge is 0.479 e. The molecule has 1 aliphatic rings. The van der Waals surface area contributed by atoms with Gasteiger partial charge < -0.3 is 14.6 Å². The summed E-state index contributed by atoms with van der Waals surface area (Å²) in [5.74, 6) is -0.981. The first-order valence-electron chi connectivity index (χ1n) is 5.82. The Balaban J connectivity index is 2.05. The van der Waals surface area contributed by atoms with Crippen LogP contribution in [0.15, 0.2) is 30.3 Å². The van der Waals surface area contributed by atoms with Crippen LogP contribution in [0.5, 0.6) is 0 Å². The highest BCUT2D eigenvalue weighted by molar-refractivity contribution is 5.74. The minimum Gasteiger partial charge on any atom is -0.479 e. The summed E-state index contributed by atoms with van der Waals surface area (Å²) >= 11 is 0. The van der Waals surface area contributed by atoms with Gasteiger partial charge in [0.2, 0.25) is 0 Å². The number of benzene rings is 1. The molecule has 4 nitrogen and oxygen atoms in total. The van der Waals surface area contributed by atoms with Gasteiger partial charge in [-0.2, -0.15) is 0 Å². The maximum absolute atomic E-state index is 11.2. The maximum Gasteiger partial charge on any atom is 0.337 e. The van der Waals surface area contributed by atoms with Gasteiger partial charge in [0.25, 0.3) is 0 Å². The third-order valence-corrected chi connectivity index (χ3v) is 2.75. The summed E-state index contributed by atoms with van der Waals surface area (Å²) in [4.78, 5) is 11.2. The molecule has 0 aromatic heterocycles. The van der Waals surface area contributed by atoms with Gasteiger partial charge in [-0.3, -0.25) is 0 Å². The second kappa shape index (κ2) is 5.80. The van der Waals surface area contributed by atoms with Crippen LogP contribution in [0.25, 0.3) is 0 Å². The molecule has 1 aromatic carbocycles. The van der Waals surface area contributed by atoms with E-state index in [1.807, 2.05) is 6.07 Å². The number of carboxylic acids is 1. The molecule has 1 N–H and O–H groups in total. The molecule has 4 heteroatoms. The van der Waals surface area contributed by atoms with E-state index in [0.29, 0.717) is 12.2 Å². The van der Waals surface area contributed by atoms with Gasteiger partial charge in [0.15, 0.2) is 12.4 Å². The Bertz CT molecular complexity index is 357. The average Bonchev–Trinajstić information content (AvgIpc) is 2.38. The summed E-state index contributed by atoms with van der Waals surface area (Å²) in [6, 6.07) is 8.95. The molecule has 2 rings (SSSR count). The lowest BCUT2D eigenvalue weighted by Crippen LogP contribution is -2.27. The fourth-order valence-electron chi connectivity index (χ4n) is 1.88. The van der Waals surface area contributed by atoms with Gasteiger partial charge in [-0.25, -0.2) is 4.79 Å². The molecular weight excluding hydrogens is 220 g/mol. The lowest BCUT2D eigenvalue weighted by molar-refractivity contribution is -0.202. The van der Waals surface area contributed by atoms with Gasteiger partial charge in [-0.15, -0.1) is 0 Å². The normalized spacial score (nSPS) is 22.0. The van der Waals surface area contributed by atoms with Crippen molar-refractivity contribution in [2.45, 2.75) is 31.7 Å². The van der Waals surface area contributed by atoms with E-state index in [0.717, 1.165) is 19.3 Å². The zero-order chi connectivity index (χ0) is 12.1. The molecular formula is C13H16O4. The molecule has 1 aliphatic heterocycles. The molecule has 0 radical (unpaired) electrons. The van der Waals surface area contributed by atoms with Crippen molar-refractivity contribution in [3.63, 3.8) is 0 Å². The van der Waals surface area contributed by atoms with E-state index in [2.05, 4.69) is 0 Å². The minimum absolute atomic E-state index is 0.398. The summed E-state index contributed by atoms with van der Waals surface area (Å²) in [6.07, 6.45) is 1.45. The minimum atomic E-state index is -0.981. The zero-order valence-electron chi connectivity index (χ0n) is 9.54. The van der Waals surface area contributed by atoms with Crippen molar-refractivity contribution in [2.75, 3.05) is 6.61 Å². The average molecular weight is 236 g/mol. The van der Waals surface area contributed by atoms with Gasteiger partial charge in [0.05, 0.1) is 0 Å². The molecule has 2 atom stereocenters. The number of carboxylic acid groups (broad SMARTS) is 1. The molecule has 0 aliphatic carbocycles. The van der Waals surface area contributed by atoms with E-state index in [1.54, 1.807) is 24.3 Å². The lowest BCUT2D eigenvalue weighted by Gasteiger charge is -2.26. The molecule has 17 heavy (non-hydrogen) atoms. The molecule has 1 saturated heterocycles. The third-order valence-electron chi connectivity index (χ3n) is 2.75. The Kier molecular flexibility index (Phi) is 4.12. The highest BCUT2D eigenvalue weighted by Gasteiger charge is 2.26. The van der Waals surface area contributed by atoms with Gasteiger partial charge in [-0.1, -0.05) is 30.3 Å². The standard InChI is InChI=1S/C13H16O4/c14-13(15)12(10-6-2-1-3-7-10)17-11-8-4-5-9-16-11/h1-3,6-7,11-12H,4-5,8-9H2,(H,14,15)/t11?,12-/m0/s1. The number of hydrogen-bond acceptors (Lipinski definition) is 3. The quantitative estimate of drug-likeness (QED) is 0.871. The van der Waals surface area contributed by atoms with Crippen LogP contribution in [0.1, 0.15) is 30.9 Å².